The number of carbonyl (C=O) groups is 1. The summed E-state index contributed by atoms with van der Waals surface area (Å²) >= 11 is 1.31. The molecule has 0 aliphatic carbocycles. The topological polar surface area (TPSA) is 95.2 Å². The Hall–Kier alpha value is -3.20. The number of rotatable bonds is 4. The van der Waals surface area contributed by atoms with Gasteiger partial charge in [0.05, 0.1) is 12.8 Å². The number of ether oxygens (including phenoxy) is 1. The van der Waals surface area contributed by atoms with Crippen molar-refractivity contribution in [2.75, 3.05) is 12.4 Å². The van der Waals surface area contributed by atoms with Crippen molar-refractivity contribution in [1.82, 2.24) is 14.1 Å². The lowest BCUT2D eigenvalue weighted by Crippen LogP contribution is -2.40. The maximum atomic E-state index is 12.5. The molecule has 0 bridgehead atoms. The van der Waals surface area contributed by atoms with Crippen LogP contribution in [0.1, 0.15) is 15.2 Å². The lowest BCUT2D eigenvalue weighted by Gasteiger charge is -2.06. The van der Waals surface area contributed by atoms with E-state index in [-0.39, 0.29) is 5.56 Å². The van der Waals surface area contributed by atoms with Crippen LogP contribution in [-0.2, 0) is 14.1 Å². The standard InChI is InChI=1S/C18H18N4O4S/c1-10-14(11-5-7-12(26-4)8-6-11)19-17(27-10)20-15(23)13-9-21(2)18(25)22(3)16(13)24/h5-9H,1-4H3,(H,19,20,23). The minimum Gasteiger partial charge on any atom is -0.497 e. The van der Waals surface area contributed by atoms with Crippen LogP contribution in [0.4, 0.5) is 5.13 Å². The van der Waals surface area contributed by atoms with Gasteiger partial charge in [0.2, 0.25) is 0 Å². The van der Waals surface area contributed by atoms with Crippen LogP contribution in [0.5, 0.6) is 5.75 Å². The summed E-state index contributed by atoms with van der Waals surface area (Å²) in [6.07, 6.45) is 1.23. The number of benzene rings is 1. The van der Waals surface area contributed by atoms with Crippen LogP contribution in [0.2, 0.25) is 0 Å². The second kappa shape index (κ2) is 7.20. The zero-order valence-corrected chi connectivity index (χ0v) is 16.1. The minimum atomic E-state index is -0.653. The zero-order chi connectivity index (χ0) is 19.7. The average molecular weight is 386 g/mol. The molecule has 140 valence electrons. The monoisotopic (exact) mass is 386 g/mol. The third-order valence-electron chi connectivity index (χ3n) is 4.07. The van der Waals surface area contributed by atoms with Gasteiger partial charge in [-0.15, -0.1) is 11.3 Å². The molecule has 9 heteroatoms. The molecule has 2 heterocycles. The predicted molar refractivity (Wildman–Crippen MR) is 104 cm³/mol. The first-order valence-corrected chi connectivity index (χ1v) is 8.83. The summed E-state index contributed by atoms with van der Waals surface area (Å²) in [6, 6.07) is 7.44. The van der Waals surface area contributed by atoms with Gasteiger partial charge < -0.3 is 9.30 Å². The first-order chi connectivity index (χ1) is 12.8. The van der Waals surface area contributed by atoms with E-state index < -0.39 is 17.2 Å². The SMILES string of the molecule is COc1ccc(-c2nc(NC(=O)c3cn(C)c(=O)n(C)c3=O)sc2C)cc1. The Morgan fingerprint density at radius 3 is 2.48 bits per heavy atom. The fourth-order valence-electron chi connectivity index (χ4n) is 2.60. The van der Waals surface area contributed by atoms with Gasteiger partial charge in [-0.2, -0.15) is 0 Å². The van der Waals surface area contributed by atoms with E-state index in [4.69, 9.17) is 4.74 Å². The quantitative estimate of drug-likeness (QED) is 0.737. The third-order valence-corrected chi connectivity index (χ3v) is 4.96. The Balaban J connectivity index is 1.90. The lowest BCUT2D eigenvalue weighted by atomic mass is 10.1. The zero-order valence-electron chi connectivity index (χ0n) is 15.3. The Morgan fingerprint density at radius 2 is 1.85 bits per heavy atom. The lowest BCUT2D eigenvalue weighted by molar-refractivity contribution is 0.102. The number of aryl methyl sites for hydroxylation is 2. The third kappa shape index (κ3) is 3.54. The molecule has 3 aromatic rings. The molecule has 0 aliphatic heterocycles. The van der Waals surface area contributed by atoms with Crippen molar-refractivity contribution in [3.8, 4) is 17.0 Å². The van der Waals surface area contributed by atoms with Gasteiger partial charge in [-0.25, -0.2) is 9.78 Å². The maximum absolute atomic E-state index is 12.5. The molecule has 1 amide bonds. The molecule has 8 nitrogen and oxygen atoms in total. The van der Waals surface area contributed by atoms with Crippen LogP contribution >= 0.6 is 11.3 Å². The number of nitrogens with zero attached hydrogens (tertiary/aromatic N) is 3. The number of nitrogens with one attached hydrogen (secondary N) is 1. The van der Waals surface area contributed by atoms with Crippen molar-refractivity contribution in [3.63, 3.8) is 0 Å². The molecule has 1 N–H and O–H groups in total. The van der Waals surface area contributed by atoms with E-state index in [1.54, 1.807) is 7.11 Å². The summed E-state index contributed by atoms with van der Waals surface area (Å²) in [5, 5.41) is 3.02. The summed E-state index contributed by atoms with van der Waals surface area (Å²) in [5.41, 5.74) is 0.357. The summed E-state index contributed by atoms with van der Waals surface area (Å²) in [6.45, 7) is 1.90. The Bertz CT molecular complexity index is 1130. The molecule has 0 fully saturated rings. The highest BCUT2D eigenvalue weighted by Gasteiger charge is 2.17. The number of amides is 1. The first kappa shape index (κ1) is 18.6. The van der Waals surface area contributed by atoms with Crippen LogP contribution in [0.3, 0.4) is 0 Å². The van der Waals surface area contributed by atoms with E-state index in [2.05, 4.69) is 10.3 Å². The van der Waals surface area contributed by atoms with Gasteiger partial charge >= 0.3 is 5.69 Å². The number of hydrogen-bond acceptors (Lipinski definition) is 6. The number of anilines is 1. The van der Waals surface area contributed by atoms with Gasteiger partial charge in [-0.05, 0) is 31.2 Å². The molecular formula is C18H18N4O4S. The van der Waals surface area contributed by atoms with Gasteiger partial charge in [-0.3, -0.25) is 19.5 Å². The first-order valence-electron chi connectivity index (χ1n) is 8.01. The summed E-state index contributed by atoms with van der Waals surface area (Å²) in [7, 11) is 4.41. The number of carbonyl (C=O) groups excluding carboxylic acids is 1. The summed E-state index contributed by atoms with van der Waals surface area (Å²) in [4.78, 5) is 41.8. The second-order valence-corrected chi connectivity index (χ2v) is 7.11. The highest BCUT2D eigenvalue weighted by Crippen LogP contribution is 2.31. The highest BCUT2D eigenvalue weighted by atomic mass is 32.1. The normalized spacial score (nSPS) is 10.7. The molecule has 0 spiro atoms. The molecule has 1 aromatic carbocycles. The van der Waals surface area contributed by atoms with Crippen LogP contribution in [-0.4, -0.2) is 27.1 Å². The molecule has 3 rings (SSSR count). The predicted octanol–water partition coefficient (Wildman–Crippen LogP) is 1.78. The van der Waals surface area contributed by atoms with Crippen LogP contribution in [0.25, 0.3) is 11.3 Å². The smallest absolute Gasteiger partial charge is 0.330 e. The van der Waals surface area contributed by atoms with Crippen molar-refractivity contribution < 1.29 is 9.53 Å². The second-order valence-electron chi connectivity index (χ2n) is 5.91. The van der Waals surface area contributed by atoms with E-state index in [9.17, 15) is 14.4 Å². The number of aromatic nitrogens is 3. The fraction of sp³-hybridized carbons (Fsp3) is 0.222. The van der Waals surface area contributed by atoms with E-state index in [0.717, 1.165) is 26.5 Å². The van der Waals surface area contributed by atoms with Gasteiger partial charge in [0.15, 0.2) is 5.13 Å². The van der Waals surface area contributed by atoms with Gasteiger partial charge in [-0.1, -0.05) is 0 Å². The van der Waals surface area contributed by atoms with E-state index in [1.165, 1.54) is 36.2 Å². The van der Waals surface area contributed by atoms with Crippen molar-refractivity contribution in [2.45, 2.75) is 6.92 Å². The van der Waals surface area contributed by atoms with Crippen LogP contribution in [0.15, 0.2) is 40.1 Å². The molecule has 2 aromatic heterocycles. The largest absolute Gasteiger partial charge is 0.497 e. The molecular weight excluding hydrogens is 368 g/mol. The van der Waals surface area contributed by atoms with Gasteiger partial charge in [0, 0.05) is 30.7 Å². The molecule has 0 aliphatic rings. The summed E-state index contributed by atoms with van der Waals surface area (Å²) in [5.74, 6) is 0.131. The molecule has 0 atom stereocenters. The summed E-state index contributed by atoms with van der Waals surface area (Å²) < 4.78 is 7.23. The van der Waals surface area contributed by atoms with Gasteiger partial charge in [0.25, 0.3) is 11.5 Å². The molecule has 0 radical (unpaired) electrons. The minimum absolute atomic E-state index is 0.126. The van der Waals surface area contributed by atoms with Crippen molar-refractivity contribution in [2.24, 2.45) is 14.1 Å². The van der Waals surface area contributed by atoms with Crippen molar-refractivity contribution in [1.29, 1.82) is 0 Å². The average Bonchev–Trinajstić information content (AvgIpc) is 3.03. The highest BCUT2D eigenvalue weighted by molar-refractivity contribution is 7.16. The number of hydrogen-bond donors (Lipinski definition) is 1. The maximum Gasteiger partial charge on any atom is 0.330 e. The van der Waals surface area contributed by atoms with E-state index >= 15 is 0 Å². The van der Waals surface area contributed by atoms with Crippen molar-refractivity contribution in [3.05, 3.63) is 61.7 Å². The fourth-order valence-corrected chi connectivity index (χ4v) is 3.43. The molecule has 0 saturated carbocycles. The van der Waals surface area contributed by atoms with E-state index in [1.807, 2.05) is 31.2 Å². The van der Waals surface area contributed by atoms with Crippen LogP contribution < -0.4 is 21.3 Å². The Labute approximate surface area is 158 Å². The van der Waals surface area contributed by atoms with Crippen LogP contribution in [0, 0.1) is 6.92 Å². The number of thiazole rings is 1. The molecule has 27 heavy (non-hydrogen) atoms. The Morgan fingerprint density at radius 1 is 1.19 bits per heavy atom. The van der Waals surface area contributed by atoms with E-state index in [0.29, 0.717) is 5.13 Å². The number of methoxy groups -OCH3 is 1. The molecule has 0 unspecified atom stereocenters. The van der Waals surface area contributed by atoms with Gasteiger partial charge in [0.1, 0.15) is 11.3 Å². The van der Waals surface area contributed by atoms with Crippen molar-refractivity contribution >= 4 is 22.4 Å². The molecule has 0 saturated heterocycles. The Kier molecular flexibility index (Phi) is 4.95.